The van der Waals surface area contributed by atoms with Crippen molar-refractivity contribution < 1.29 is 24.6 Å². The molecule has 8 heteroatoms. The number of nitrogens with one attached hydrogen (secondary N) is 2. The number of aliphatic carboxylic acids is 1. The zero-order valence-electron chi connectivity index (χ0n) is 11.1. The molecule has 1 aliphatic rings. The molecule has 0 aliphatic carbocycles. The first-order chi connectivity index (χ1) is 10.0. The van der Waals surface area contributed by atoms with Crippen molar-refractivity contribution in [3.8, 4) is 0 Å². The minimum absolute atomic E-state index is 0.108. The maximum atomic E-state index is 12.2. The lowest BCUT2D eigenvalue weighted by molar-refractivity contribution is -0.139. The molecule has 21 heavy (non-hydrogen) atoms. The van der Waals surface area contributed by atoms with Gasteiger partial charge in [-0.2, -0.15) is 0 Å². The number of carboxylic acid groups (broad SMARTS) is 1. The summed E-state index contributed by atoms with van der Waals surface area (Å²) in [5, 5.41) is 22.7. The molecule has 1 aliphatic heterocycles. The maximum Gasteiger partial charge on any atom is 0.326 e. The van der Waals surface area contributed by atoms with Crippen LogP contribution in [0.4, 0.5) is 16.2 Å². The first-order valence-corrected chi connectivity index (χ1v) is 6.33. The summed E-state index contributed by atoms with van der Waals surface area (Å²) in [6.45, 7) is -0.567. The van der Waals surface area contributed by atoms with Crippen LogP contribution in [0.2, 0.25) is 0 Å². The third-order valence-electron chi connectivity index (χ3n) is 3.03. The molecule has 112 valence electrons. The molecular formula is C13H15N3O5. The molecule has 0 saturated carbocycles. The van der Waals surface area contributed by atoms with Gasteiger partial charge in [0, 0.05) is 13.0 Å². The number of para-hydroxylation sites is 2. The van der Waals surface area contributed by atoms with Crippen LogP contribution in [0.5, 0.6) is 0 Å². The fraction of sp³-hybridized carbons (Fsp3) is 0.308. The normalized spacial score (nSPS) is 14.9. The summed E-state index contributed by atoms with van der Waals surface area (Å²) in [5.74, 6) is -1.61. The lowest BCUT2D eigenvalue weighted by atomic mass is 10.2. The molecule has 0 radical (unpaired) electrons. The Morgan fingerprint density at radius 2 is 2.10 bits per heavy atom. The van der Waals surface area contributed by atoms with Gasteiger partial charge in [0.1, 0.15) is 12.6 Å². The zero-order chi connectivity index (χ0) is 15.4. The van der Waals surface area contributed by atoms with Crippen molar-refractivity contribution in [1.82, 2.24) is 5.32 Å². The first-order valence-electron chi connectivity index (χ1n) is 6.33. The van der Waals surface area contributed by atoms with Crippen molar-refractivity contribution in [2.75, 3.05) is 23.4 Å². The molecule has 0 spiro atoms. The van der Waals surface area contributed by atoms with Crippen molar-refractivity contribution >= 4 is 29.3 Å². The van der Waals surface area contributed by atoms with Crippen LogP contribution in [0.1, 0.15) is 6.42 Å². The lowest BCUT2D eigenvalue weighted by Gasteiger charge is -2.30. The molecule has 1 aromatic rings. The van der Waals surface area contributed by atoms with E-state index in [2.05, 4.69) is 10.6 Å². The van der Waals surface area contributed by atoms with E-state index in [-0.39, 0.29) is 25.5 Å². The SMILES string of the molecule is O=C1CN(C(=O)N[C@H](CCO)C(=O)O)c2ccccc2N1. The Kier molecular flexibility index (Phi) is 4.39. The van der Waals surface area contributed by atoms with Crippen LogP contribution in [0, 0.1) is 0 Å². The third kappa shape index (κ3) is 3.29. The summed E-state index contributed by atoms with van der Waals surface area (Å²) in [5.41, 5.74) is 0.973. The summed E-state index contributed by atoms with van der Waals surface area (Å²) < 4.78 is 0. The number of carboxylic acids is 1. The van der Waals surface area contributed by atoms with Crippen molar-refractivity contribution in [3.05, 3.63) is 24.3 Å². The van der Waals surface area contributed by atoms with Crippen LogP contribution >= 0.6 is 0 Å². The van der Waals surface area contributed by atoms with Crippen LogP contribution in [0.15, 0.2) is 24.3 Å². The average molecular weight is 293 g/mol. The molecule has 0 unspecified atom stereocenters. The van der Waals surface area contributed by atoms with Gasteiger partial charge in [0.25, 0.3) is 0 Å². The van der Waals surface area contributed by atoms with Gasteiger partial charge in [0.15, 0.2) is 0 Å². The van der Waals surface area contributed by atoms with Gasteiger partial charge in [-0.1, -0.05) is 12.1 Å². The molecule has 8 nitrogen and oxygen atoms in total. The van der Waals surface area contributed by atoms with Gasteiger partial charge in [-0.05, 0) is 12.1 Å². The van der Waals surface area contributed by atoms with Crippen LogP contribution in [0.25, 0.3) is 0 Å². The lowest BCUT2D eigenvalue weighted by Crippen LogP contribution is -2.52. The van der Waals surface area contributed by atoms with E-state index >= 15 is 0 Å². The van der Waals surface area contributed by atoms with E-state index in [1.807, 2.05) is 0 Å². The summed E-state index contributed by atoms with van der Waals surface area (Å²) in [7, 11) is 0. The fourth-order valence-corrected chi connectivity index (χ4v) is 2.03. The van der Waals surface area contributed by atoms with Crippen molar-refractivity contribution in [1.29, 1.82) is 0 Å². The van der Waals surface area contributed by atoms with E-state index in [1.165, 1.54) is 4.90 Å². The van der Waals surface area contributed by atoms with Gasteiger partial charge in [-0.15, -0.1) is 0 Å². The van der Waals surface area contributed by atoms with Crippen LogP contribution in [-0.2, 0) is 9.59 Å². The Morgan fingerprint density at radius 1 is 1.38 bits per heavy atom. The second kappa shape index (κ2) is 6.23. The van der Waals surface area contributed by atoms with Gasteiger partial charge >= 0.3 is 12.0 Å². The molecule has 0 saturated heterocycles. The number of hydrogen-bond acceptors (Lipinski definition) is 4. The minimum atomic E-state index is -1.24. The van der Waals surface area contributed by atoms with Gasteiger partial charge < -0.3 is 20.8 Å². The second-order valence-corrected chi connectivity index (χ2v) is 4.50. The van der Waals surface area contributed by atoms with Crippen LogP contribution in [0.3, 0.4) is 0 Å². The molecule has 0 fully saturated rings. The molecule has 0 bridgehead atoms. The molecule has 0 aromatic heterocycles. The average Bonchev–Trinajstić information content (AvgIpc) is 2.45. The number of fused-ring (bicyclic) bond motifs is 1. The topological polar surface area (TPSA) is 119 Å². The monoisotopic (exact) mass is 293 g/mol. The number of nitrogens with zero attached hydrogens (tertiary/aromatic N) is 1. The van der Waals surface area contributed by atoms with E-state index in [1.54, 1.807) is 24.3 Å². The predicted octanol–water partition coefficient (Wildman–Crippen LogP) is -0.00970. The number of rotatable bonds is 4. The second-order valence-electron chi connectivity index (χ2n) is 4.50. The molecule has 4 N–H and O–H groups in total. The van der Waals surface area contributed by atoms with Crippen molar-refractivity contribution in [3.63, 3.8) is 0 Å². The highest BCUT2D eigenvalue weighted by atomic mass is 16.4. The Balaban J connectivity index is 2.19. The van der Waals surface area contributed by atoms with Crippen LogP contribution < -0.4 is 15.5 Å². The molecule has 1 aromatic carbocycles. The van der Waals surface area contributed by atoms with E-state index < -0.39 is 18.0 Å². The van der Waals surface area contributed by atoms with Gasteiger partial charge in [-0.3, -0.25) is 9.69 Å². The summed E-state index contributed by atoms with van der Waals surface area (Å²) in [4.78, 5) is 35.9. The molecule has 1 heterocycles. The van der Waals surface area contributed by atoms with Gasteiger partial charge in [0.2, 0.25) is 5.91 Å². The Morgan fingerprint density at radius 3 is 2.76 bits per heavy atom. The fourth-order valence-electron chi connectivity index (χ4n) is 2.03. The van der Waals surface area contributed by atoms with E-state index in [9.17, 15) is 14.4 Å². The molecule has 1 atom stereocenters. The van der Waals surface area contributed by atoms with E-state index in [4.69, 9.17) is 10.2 Å². The highest BCUT2D eigenvalue weighted by molar-refractivity contribution is 6.09. The molecule has 2 rings (SSSR count). The Labute approximate surface area is 120 Å². The highest BCUT2D eigenvalue weighted by Gasteiger charge is 2.29. The van der Waals surface area contributed by atoms with E-state index in [0.717, 1.165) is 0 Å². The number of aliphatic hydroxyl groups is 1. The number of carbonyl (C=O) groups is 3. The van der Waals surface area contributed by atoms with Crippen molar-refractivity contribution in [2.24, 2.45) is 0 Å². The number of amides is 3. The number of urea groups is 1. The van der Waals surface area contributed by atoms with Crippen molar-refractivity contribution in [2.45, 2.75) is 12.5 Å². The number of aliphatic hydroxyl groups excluding tert-OH is 1. The first kappa shape index (κ1) is 14.8. The number of anilines is 2. The van der Waals surface area contributed by atoms with E-state index in [0.29, 0.717) is 11.4 Å². The van der Waals surface area contributed by atoms with Gasteiger partial charge in [-0.25, -0.2) is 9.59 Å². The van der Waals surface area contributed by atoms with Crippen LogP contribution in [-0.4, -0.2) is 47.3 Å². The zero-order valence-corrected chi connectivity index (χ0v) is 11.1. The summed E-state index contributed by atoms with van der Waals surface area (Å²) in [6.07, 6.45) is -0.108. The standard InChI is InChI=1S/C13H15N3O5/c17-6-5-9(12(19)20)15-13(21)16-7-11(18)14-8-3-1-2-4-10(8)16/h1-4,9,17H,5-7H2,(H,14,18)(H,15,21)(H,19,20)/t9-/m1/s1. The summed E-state index contributed by atoms with van der Waals surface area (Å²) in [6, 6.07) is 4.81. The quantitative estimate of drug-likeness (QED) is 0.622. The maximum absolute atomic E-state index is 12.2. The largest absolute Gasteiger partial charge is 0.480 e. The Bertz CT molecular complexity index is 575. The number of benzene rings is 1. The summed E-state index contributed by atoms with van der Waals surface area (Å²) >= 11 is 0. The smallest absolute Gasteiger partial charge is 0.326 e. The number of carbonyl (C=O) groups excluding carboxylic acids is 2. The predicted molar refractivity (Wildman–Crippen MR) is 74.1 cm³/mol. The molecule has 3 amide bonds. The molecular weight excluding hydrogens is 278 g/mol. The Hall–Kier alpha value is -2.61. The van der Waals surface area contributed by atoms with Gasteiger partial charge in [0.05, 0.1) is 11.4 Å². The number of hydrogen-bond donors (Lipinski definition) is 4. The highest BCUT2D eigenvalue weighted by Crippen LogP contribution is 2.28. The third-order valence-corrected chi connectivity index (χ3v) is 3.03. The minimum Gasteiger partial charge on any atom is -0.480 e.